The molecule has 1 aromatic carbocycles. The highest BCUT2D eigenvalue weighted by Crippen LogP contribution is 2.28. The van der Waals surface area contributed by atoms with E-state index in [9.17, 15) is 9.59 Å². The number of ether oxygens (including phenoxy) is 2. The lowest BCUT2D eigenvalue weighted by Gasteiger charge is -2.34. The van der Waals surface area contributed by atoms with Gasteiger partial charge >= 0.3 is 0 Å². The number of anilines is 1. The molecule has 1 unspecified atom stereocenters. The van der Waals surface area contributed by atoms with Gasteiger partial charge in [0.15, 0.2) is 0 Å². The quantitative estimate of drug-likeness (QED) is 0.754. The summed E-state index contributed by atoms with van der Waals surface area (Å²) in [5.74, 6) is -0.233. The second-order valence-electron chi connectivity index (χ2n) is 6.37. The number of morpholine rings is 1. The average molecular weight is 348 g/mol. The fourth-order valence-corrected chi connectivity index (χ4v) is 3.21. The molecule has 0 bridgehead atoms. The van der Waals surface area contributed by atoms with Gasteiger partial charge in [0, 0.05) is 13.7 Å². The summed E-state index contributed by atoms with van der Waals surface area (Å²) in [6, 6.07) is 5.93. The van der Waals surface area contributed by atoms with Gasteiger partial charge in [0.2, 0.25) is 11.8 Å². The predicted molar refractivity (Wildman–Crippen MR) is 96.8 cm³/mol. The van der Waals surface area contributed by atoms with Crippen LogP contribution in [0.3, 0.4) is 0 Å². The first kappa shape index (κ1) is 19.4. The van der Waals surface area contributed by atoms with E-state index in [-0.39, 0.29) is 31.0 Å². The number of carbonyl (C=O) groups excluding carboxylic acids is 2. The largest absolute Gasteiger partial charge is 0.383 e. The molecule has 0 spiro atoms. The van der Waals surface area contributed by atoms with Gasteiger partial charge in [-0.05, 0) is 31.4 Å². The Bertz CT molecular complexity index is 617. The Labute approximate surface area is 149 Å². The number of para-hydroxylation sites is 1. The van der Waals surface area contributed by atoms with E-state index >= 15 is 0 Å². The number of aryl methyl sites for hydroxylation is 2. The summed E-state index contributed by atoms with van der Waals surface area (Å²) in [5.41, 5.74) is 3.09. The van der Waals surface area contributed by atoms with Gasteiger partial charge in [0.05, 0.1) is 24.9 Å². The predicted octanol–water partition coefficient (Wildman–Crippen LogP) is 1.78. The number of nitrogens with zero attached hydrogens (tertiary/aromatic N) is 2. The Balaban J connectivity index is 2.33. The van der Waals surface area contributed by atoms with Crippen LogP contribution in [0.4, 0.5) is 5.69 Å². The molecule has 1 fully saturated rings. The third-order valence-corrected chi connectivity index (χ3v) is 4.47. The zero-order valence-corrected chi connectivity index (χ0v) is 15.6. The number of benzene rings is 1. The highest BCUT2D eigenvalue weighted by molar-refractivity contribution is 5.98. The number of amides is 2. The molecule has 0 aliphatic carbocycles. The number of methoxy groups -OCH3 is 1. The van der Waals surface area contributed by atoms with Crippen LogP contribution in [-0.2, 0) is 25.5 Å². The van der Waals surface area contributed by atoms with Crippen LogP contribution >= 0.6 is 0 Å². The minimum Gasteiger partial charge on any atom is -0.383 e. The van der Waals surface area contributed by atoms with Crippen LogP contribution in [0.1, 0.15) is 25.0 Å². The molecule has 25 heavy (non-hydrogen) atoms. The lowest BCUT2D eigenvalue weighted by Crippen LogP contribution is -2.51. The Kier molecular flexibility index (Phi) is 6.96. The summed E-state index contributed by atoms with van der Waals surface area (Å²) in [6.07, 6.45) is 0.830. The van der Waals surface area contributed by atoms with Crippen LogP contribution in [-0.4, -0.2) is 62.8 Å². The van der Waals surface area contributed by atoms with Crippen LogP contribution in [0, 0.1) is 6.92 Å². The average Bonchev–Trinajstić information content (AvgIpc) is 2.59. The summed E-state index contributed by atoms with van der Waals surface area (Å²) >= 11 is 0. The van der Waals surface area contributed by atoms with Gasteiger partial charge in [-0.1, -0.05) is 25.1 Å². The molecule has 1 heterocycles. The Morgan fingerprint density at radius 1 is 1.44 bits per heavy atom. The minimum atomic E-state index is -0.139. The molecule has 2 amide bonds. The topological polar surface area (TPSA) is 59.1 Å². The third kappa shape index (κ3) is 4.58. The van der Waals surface area contributed by atoms with Crippen molar-refractivity contribution in [2.24, 2.45) is 0 Å². The van der Waals surface area contributed by atoms with Crippen molar-refractivity contribution in [2.45, 2.75) is 33.2 Å². The van der Waals surface area contributed by atoms with Gasteiger partial charge in [0.25, 0.3) is 0 Å². The first-order valence-electron chi connectivity index (χ1n) is 8.74. The van der Waals surface area contributed by atoms with E-state index in [1.165, 1.54) is 0 Å². The molecule has 1 aliphatic heterocycles. The molecule has 1 aliphatic rings. The van der Waals surface area contributed by atoms with Crippen molar-refractivity contribution in [1.29, 1.82) is 0 Å². The first-order valence-corrected chi connectivity index (χ1v) is 8.74. The van der Waals surface area contributed by atoms with Crippen molar-refractivity contribution >= 4 is 17.5 Å². The molecule has 1 saturated heterocycles. The van der Waals surface area contributed by atoms with E-state index < -0.39 is 0 Å². The van der Waals surface area contributed by atoms with Gasteiger partial charge in [-0.3, -0.25) is 9.59 Å². The fourth-order valence-electron chi connectivity index (χ4n) is 3.21. The van der Waals surface area contributed by atoms with Gasteiger partial charge in [-0.25, -0.2) is 0 Å². The minimum absolute atomic E-state index is 0.0471. The van der Waals surface area contributed by atoms with E-state index in [2.05, 4.69) is 6.92 Å². The number of hydrogen-bond acceptors (Lipinski definition) is 4. The summed E-state index contributed by atoms with van der Waals surface area (Å²) < 4.78 is 10.4. The van der Waals surface area contributed by atoms with E-state index in [0.717, 1.165) is 23.2 Å². The maximum absolute atomic E-state index is 13.1. The molecule has 6 heteroatoms. The lowest BCUT2D eigenvalue weighted by molar-refractivity contribution is -0.145. The van der Waals surface area contributed by atoms with Crippen molar-refractivity contribution in [2.75, 3.05) is 44.9 Å². The second kappa shape index (κ2) is 8.97. The van der Waals surface area contributed by atoms with Crippen LogP contribution in [0.5, 0.6) is 0 Å². The molecule has 1 atom stereocenters. The Morgan fingerprint density at radius 3 is 2.84 bits per heavy atom. The van der Waals surface area contributed by atoms with Crippen LogP contribution < -0.4 is 4.90 Å². The Morgan fingerprint density at radius 2 is 2.20 bits per heavy atom. The zero-order valence-electron chi connectivity index (χ0n) is 15.6. The zero-order chi connectivity index (χ0) is 18.4. The summed E-state index contributed by atoms with van der Waals surface area (Å²) in [6.45, 7) is 7.51. The summed E-state index contributed by atoms with van der Waals surface area (Å²) in [7, 11) is 1.63. The first-order chi connectivity index (χ1) is 12.0. The standard InChI is InChI=1S/C19H28N2O4/c1-5-16-8-6-7-14(2)19(16)21(15(3)12-24-4)17(22)11-20-9-10-25-13-18(20)23/h6-8,15H,5,9-13H2,1-4H3. The maximum atomic E-state index is 13.1. The van der Waals surface area contributed by atoms with Crippen molar-refractivity contribution < 1.29 is 19.1 Å². The van der Waals surface area contributed by atoms with Crippen LogP contribution in [0.15, 0.2) is 18.2 Å². The summed E-state index contributed by atoms with van der Waals surface area (Å²) in [5, 5.41) is 0. The van der Waals surface area contributed by atoms with Crippen LogP contribution in [0.25, 0.3) is 0 Å². The molecular formula is C19H28N2O4. The number of carbonyl (C=O) groups is 2. The molecule has 138 valence electrons. The van der Waals surface area contributed by atoms with Crippen LogP contribution in [0.2, 0.25) is 0 Å². The second-order valence-corrected chi connectivity index (χ2v) is 6.37. The van der Waals surface area contributed by atoms with Crippen molar-refractivity contribution in [3.8, 4) is 0 Å². The molecule has 0 N–H and O–H groups in total. The molecule has 0 saturated carbocycles. The van der Waals surface area contributed by atoms with E-state index in [1.807, 2.05) is 32.0 Å². The van der Waals surface area contributed by atoms with Crippen molar-refractivity contribution in [3.63, 3.8) is 0 Å². The monoisotopic (exact) mass is 348 g/mol. The molecule has 6 nitrogen and oxygen atoms in total. The van der Waals surface area contributed by atoms with Gasteiger partial charge in [-0.2, -0.15) is 0 Å². The number of hydrogen-bond donors (Lipinski definition) is 0. The Hall–Kier alpha value is -1.92. The number of rotatable bonds is 7. The molecule has 0 radical (unpaired) electrons. The van der Waals surface area contributed by atoms with E-state index in [1.54, 1.807) is 16.9 Å². The van der Waals surface area contributed by atoms with Gasteiger partial charge < -0.3 is 19.3 Å². The normalized spacial score (nSPS) is 16.0. The molecule has 1 aromatic rings. The van der Waals surface area contributed by atoms with E-state index in [0.29, 0.717) is 19.8 Å². The summed E-state index contributed by atoms with van der Waals surface area (Å²) in [4.78, 5) is 28.5. The molecule has 2 rings (SSSR count). The molecule has 0 aromatic heterocycles. The van der Waals surface area contributed by atoms with Gasteiger partial charge in [0.1, 0.15) is 13.2 Å². The van der Waals surface area contributed by atoms with Crippen molar-refractivity contribution in [1.82, 2.24) is 4.90 Å². The van der Waals surface area contributed by atoms with E-state index in [4.69, 9.17) is 9.47 Å². The fraction of sp³-hybridized carbons (Fsp3) is 0.579. The van der Waals surface area contributed by atoms with Crippen molar-refractivity contribution in [3.05, 3.63) is 29.3 Å². The third-order valence-electron chi connectivity index (χ3n) is 4.47. The highest BCUT2D eigenvalue weighted by atomic mass is 16.5. The van der Waals surface area contributed by atoms with Gasteiger partial charge in [-0.15, -0.1) is 0 Å². The highest BCUT2D eigenvalue weighted by Gasteiger charge is 2.29. The lowest BCUT2D eigenvalue weighted by atomic mass is 10.0. The molecular weight excluding hydrogens is 320 g/mol. The maximum Gasteiger partial charge on any atom is 0.249 e. The SMILES string of the molecule is CCc1cccc(C)c1N(C(=O)CN1CCOCC1=O)C(C)COC. The smallest absolute Gasteiger partial charge is 0.249 e.